The largest absolute Gasteiger partial charge is 0.370 e. The van der Waals surface area contributed by atoms with Crippen LogP contribution in [-0.2, 0) is 24.3 Å². The molecule has 1 aliphatic heterocycles. The van der Waals surface area contributed by atoms with E-state index in [1.54, 1.807) is 17.7 Å². The van der Waals surface area contributed by atoms with Crippen molar-refractivity contribution in [2.75, 3.05) is 11.9 Å². The van der Waals surface area contributed by atoms with Gasteiger partial charge in [-0.25, -0.2) is 15.0 Å². The normalized spacial score (nSPS) is 15.7. The molecule has 0 bridgehead atoms. The molecular weight excluding hydrogens is 368 g/mol. The summed E-state index contributed by atoms with van der Waals surface area (Å²) in [6.07, 6.45) is 2.49. The molecule has 6 heteroatoms. The molecule has 0 amide bonds. The van der Waals surface area contributed by atoms with E-state index < -0.39 is 0 Å². The number of aromatic nitrogens is 3. The fourth-order valence-corrected chi connectivity index (χ4v) is 4.95. The highest BCUT2D eigenvalue weighted by Gasteiger charge is 2.28. The Bertz CT molecular complexity index is 1170. The van der Waals surface area contributed by atoms with E-state index in [2.05, 4.69) is 66.1 Å². The number of benzene rings is 1. The van der Waals surface area contributed by atoms with Crippen LogP contribution in [0.4, 0.5) is 5.82 Å². The maximum Gasteiger partial charge on any atom is 0.150 e. The van der Waals surface area contributed by atoms with Crippen molar-refractivity contribution in [1.82, 2.24) is 15.0 Å². The van der Waals surface area contributed by atoms with E-state index in [1.807, 2.05) is 6.07 Å². The van der Waals surface area contributed by atoms with Crippen molar-refractivity contribution < 1.29 is 4.74 Å². The van der Waals surface area contributed by atoms with Crippen LogP contribution in [0.15, 0.2) is 42.7 Å². The standard InChI is InChI=1S/C22H22N4OS/c1-22(2)10-17-15(12-27-22)9-16-18-19(28-21(16)25-17)20(24-13-23-18)26(3)11-14-7-5-4-6-8-14/h4-9,13H,10-12H2,1-3H3. The molecule has 0 fully saturated rings. The summed E-state index contributed by atoms with van der Waals surface area (Å²) in [7, 11) is 2.08. The third-order valence-electron chi connectivity index (χ3n) is 5.23. The van der Waals surface area contributed by atoms with E-state index in [0.29, 0.717) is 6.61 Å². The van der Waals surface area contributed by atoms with Gasteiger partial charge in [-0.1, -0.05) is 30.3 Å². The Hall–Kier alpha value is -2.57. The van der Waals surface area contributed by atoms with Gasteiger partial charge in [0.25, 0.3) is 0 Å². The lowest BCUT2D eigenvalue weighted by Gasteiger charge is -2.30. The number of anilines is 1. The Morgan fingerprint density at radius 3 is 2.82 bits per heavy atom. The lowest BCUT2D eigenvalue weighted by molar-refractivity contribution is -0.0411. The molecule has 28 heavy (non-hydrogen) atoms. The predicted molar refractivity (Wildman–Crippen MR) is 114 cm³/mol. The first-order valence-electron chi connectivity index (χ1n) is 9.45. The molecule has 4 aromatic rings. The van der Waals surface area contributed by atoms with Crippen LogP contribution >= 0.6 is 11.3 Å². The number of rotatable bonds is 3. The summed E-state index contributed by atoms with van der Waals surface area (Å²) in [5, 5.41) is 1.10. The highest BCUT2D eigenvalue weighted by molar-refractivity contribution is 7.25. The number of hydrogen-bond donors (Lipinski definition) is 0. The van der Waals surface area contributed by atoms with Gasteiger partial charge in [-0.3, -0.25) is 0 Å². The molecule has 142 valence electrons. The van der Waals surface area contributed by atoms with E-state index in [0.717, 1.165) is 44.9 Å². The van der Waals surface area contributed by atoms with Crippen molar-refractivity contribution in [3.05, 3.63) is 59.5 Å². The van der Waals surface area contributed by atoms with Crippen LogP contribution in [0, 0.1) is 0 Å². The average Bonchev–Trinajstić information content (AvgIpc) is 3.03. The Morgan fingerprint density at radius 1 is 1.18 bits per heavy atom. The minimum atomic E-state index is -0.161. The van der Waals surface area contributed by atoms with E-state index in [4.69, 9.17) is 9.72 Å². The molecule has 0 saturated heterocycles. The second-order valence-electron chi connectivity index (χ2n) is 7.99. The number of hydrogen-bond acceptors (Lipinski definition) is 6. The van der Waals surface area contributed by atoms with Crippen LogP contribution in [0.5, 0.6) is 0 Å². The molecular formula is C22H22N4OS. The molecule has 4 heterocycles. The van der Waals surface area contributed by atoms with Gasteiger partial charge in [0, 0.05) is 31.0 Å². The van der Waals surface area contributed by atoms with Crippen molar-refractivity contribution in [3.63, 3.8) is 0 Å². The number of pyridine rings is 1. The van der Waals surface area contributed by atoms with E-state index in [1.165, 1.54) is 11.1 Å². The molecule has 0 radical (unpaired) electrons. The van der Waals surface area contributed by atoms with Crippen molar-refractivity contribution in [2.24, 2.45) is 0 Å². The zero-order valence-electron chi connectivity index (χ0n) is 16.3. The Labute approximate surface area is 168 Å². The monoisotopic (exact) mass is 390 g/mol. The average molecular weight is 391 g/mol. The first kappa shape index (κ1) is 17.5. The van der Waals surface area contributed by atoms with Crippen LogP contribution in [0.25, 0.3) is 20.4 Å². The molecule has 0 atom stereocenters. The minimum absolute atomic E-state index is 0.161. The van der Waals surface area contributed by atoms with Crippen molar-refractivity contribution in [3.8, 4) is 0 Å². The summed E-state index contributed by atoms with van der Waals surface area (Å²) < 4.78 is 7.07. The number of nitrogens with zero attached hydrogens (tertiary/aromatic N) is 4. The Morgan fingerprint density at radius 2 is 2.00 bits per heavy atom. The summed E-state index contributed by atoms with van der Waals surface area (Å²) in [6.45, 7) is 5.64. The van der Waals surface area contributed by atoms with Crippen LogP contribution in [0.1, 0.15) is 30.7 Å². The molecule has 0 spiro atoms. The van der Waals surface area contributed by atoms with E-state index in [9.17, 15) is 0 Å². The maximum absolute atomic E-state index is 5.98. The number of thiophene rings is 1. The molecule has 1 aromatic carbocycles. The lowest BCUT2D eigenvalue weighted by atomic mass is 9.95. The van der Waals surface area contributed by atoms with Gasteiger partial charge in [-0.15, -0.1) is 11.3 Å². The summed E-state index contributed by atoms with van der Waals surface area (Å²) in [5.74, 6) is 0.950. The highest BCUT2D eigenvalue weighted by atomic mass is 32.1. The minimum Gasteiger partial charge on any atom is -0.370 e. The smallest absolute Gasteiger partial charge is 0.150 e. The van der Waals surface area contributed by atoms with Gasteiger partial charge in [0.1, 0.15) is 17.0 Å². The van der Waals surface area contributed by atoms with Gasteiger partial charge >= 0.3 is 0 Å². The fourth-order valence-electron chi connectivity index (χ4n) is 3.78. The SMILES string of the molecule is CN(Cc1ccccc1)c1ncnc2c1sc1nc3c(cc12)COC(C)(C)C3. The van der Waals surface area contributed by atoms with Crippen LogP contribution < -0.4 is 4.90 Å². The topological polar surface area (TPSA) is 51.1 Å². The van der Waals surface area contributed by atoms with E-state index in [-0.39, 0.29) is 5.60 Å². The number of fused-ring (bicyclic) bond motifs is 4. The summed E-state index contributed by atoms with van der Waals surface area (Å²) >= 11 is 1.68. The zero-order chi connectivity index (χ0) is 19.3. The van der Waals surface area contributed by atoms with Gasteiger partial charge < -0.3 is 9.64 Å². The molecule has 5 nitrogen and oxygen atoms in total. The quantitative estimate of drug-likeness (QED) is 0.506. The van der Waals surface area contributed by atoms with Gasteiger partial charge in [-0.2, -0.15) is 0 Å². The van der Waals surface area contributed by atoms with Gasteiger partial charge in [0.15, 0.2) is 0 Å². The molecule has 5 rings (SSSR count). The van der Waals surface area contributed by atoms with Gasteiger partial charge in [0.2, 0.25) is 0 Å². The molecule has 0 saturated carbocycles. The van der Waals surface area contributed by atoms with Crippen LogP contribution in [0.3, 0.4) is 0 Å². The van der Waals surface area contributed by atoms with Crippen molar-refractivity contribution >= 4 is 37.6 Å². The first-order valence-corrected chi connectivity index (χ1v) is 10.3. The van der Waals surface area contributed by atoms with Crippen molar-refractivity contribution in [1.29, 1.82) is 0 Å². The molecule has 0 aliphatic carbocycles. The summed E-state index contributed by atoms with van der Waals surface area (Å²) in [4.78, 5) is 17.4. The fraction of sp³-hybridized carbons (Fsp3) is 0.318. The highest BCUT2D eigenvalue weighted by Crippen LogP contribution is 2.38. The van der Waals surface area contributed by atoms with Gasteiger partial charge in [0.05, 0.1) is 28.1 Å². The Balaban J connectivity index is 1.60. The molecule has 1 aliphatic rings. The van der Waals surface area contributed by atoms with Crippen LogP contribution in [-0.4, -0.2) is 27.6 Å². The second kappa shape index (κ2) is 6.50. The van der Waals surface area contributed by atoms with Gasteiger partial charge in [-0.05, 0) is 25.5 Å². The zero-order valence-corrected chi connectivity index (χ0v) is 17.1. The molecule has 3 aromatic heterocycles. The summed E-state index contributed by atoms with van der Waals surface area (Å²) in [6, 6.07) is 12.7. The third kappa shape index (κ3) is 3.02. The first-order chi connectivity index (χ1) is 13.5. The van der Waals surface area contributed by atoms with Crippen LogP contribution in [0.2, 0.25) is 0 Å². The Kier molecular flexibility index (Phi) is 4.07. The molecule has 0 N–H and O–H groups in total. The third-order valence-corrected chi connectivity index (χ3v) is 6.32. The maximum atomic E-state index is 5.98. The molecule has 0 unspecified atom stereocenters. The van der Waals surface area contributed by atoms with E-state index >= 15 is 0 Å². The lowest BCUT2D eigenvalue weighted by Crippen LogP contribution is -2.32. The van der Waals surface area contributed by atoms with Crippen molar-refractivity contribution in [2.45, 2.75) is 39.0 Å². The predicted octanol–water partition coefficient (Wildman–Crippen LogP) is 4.73. The second-order valence-corrected chi connectivity index (χ2v) is 8.99. The number of ether oxygens (including phenoxy) is 1. The summed E-state index contributed by atoms with van der Waals surface area (Å²) in [5.41, 5.74) is 4.38.